The zero-order valence-corrected chi connectivity index (χ0v) is 18.8. The zero-order valence-electron chi connectivity index (χ0n) is 17.2. The van der Waals surface area contributed by atoms with Crippen LogP contribution in [0.5, 0.6) is 0 Å². The van der Waals surface area contributed by atoms with Crippen molar-refractivity contribution < 1.29 is 23.9 Å². The molecule has 9 heteroatoms. The summed E-state index contributed by atoms with van der Waals surface area (Å²) >= 11 is 7.48. The van der Waals surface area contributed by atoms with E-state index in [9.17, 15) is 14.4 Å². The van der Waals surface area contributed by atoms with Crippen LogP contribution in [0.15, 0.2) is 71.9 Å². The number of fused-ring (bicyclic) bond motifs is 1. The summed E-state index contributed by atoms with van der Waals surface area (Å²) in [7, 11) is 0. The van der Waals surface area contributed by atoms with Crippen LogP contribution in [0.25, 0.3) is 0 Å². The number of alkyl halides is 1. The van der Waals surface area contributed by atoms with E-state index in [2.05, 4.69) is 0 Å². The van der Waals surface area contributed by atoms with Gasteiger partial charge in [-0.3, -0.25) is 14.5 Å². The molecule has 2 aliphatic heterocycles. The third-order valence-corrected chi connectivity index (χ3v) is 7.12. The Balaban J connectivity index is 1.70. The average molecular weight is 473 g/mol. The monoisotopic (exact) mass is 472 g/mol. The van der Waals surface area contributed by atoms with E-state index in [1.165, 1.54) is 23.6 Å². The Bertz CT molecular complexity index is 1030. The highest BCUT2D eigenvalue weighted by Gasteiger charge is 2.62. The van der Waals surface area contributed by atoms with E-state index in [1.54, 1.807) is 0 Å². The Morgan fingerprint density at radius 2 is 1.72 bits per heavy atom. The predicted molar refractivity (Wildman–Crippen MR) is 120 cm³/mol. The highest BCUT2D eigenvalue weighted by atomic mass is 35.5. The molecular weight excluding hydrogens is 452 g/mol. The first-order valence-corrected chi connectivity index (χ1v) is 11.3. The molecule has 2 aliphatic rings. The summed E-state index contributed by atoms with van der Waals surface area (Å²) < 4.78 is 11.1. The molecule has 0 aromatic heterocycles. The average Bonchev–Trinajstić information content (AvgIpc) is 2.81. The normalized spacial score (nSPS) is 22.3. The molecule has 0 aliphatic carbocycles. The maximum absolute atomic E-state index is 13.4. The van der Waals surface area contributed by atoms with Gasteiger partial charge in [0.2, 0.25) is 5.00 Å². The fraction of sp³-hybridized carbons (Fsp3) is 0.261. The number of halogens is 1. The molecule has 2 aromatic carbocycles. The largest absolute Gasteiger partial charge is 0.461 e. The van der Waals surface area contributed by atoms with Crippen LogP contribution in [0.3, 0.4) is 0 Å². The standard InChI is InChI=1S/C23H21ClN2O5S/c1-14(27)30-12-17-13-32-22-23(24,25)21(29)26(22)18(17)20(28)31-19(15-8-4-2-5-9-15)16-10-6-3-7-11-16/h2-11,19,22H,12-13,25H2,1H3/t22-,23+/m1/s1. The van der Waals surface area contributed by atoms with Gasteiger partial charge in [-0.05, 0) is 11.1 Å². The first kappa shape index (κ1) is 22.4. The summed E-state index contributed by atoms with van der Waals surface area (Å²) in [6.07, 6.45) is -0.699. The quantitative estimate of drug-likeness (QED) is 0.298. The molecule has 7 nitrogen and oxygen atoms in total. The minimum Gasteiger partial charge on any atom is -0.461 e. The van der Waals surface area contributed by atoms with Crippen LogP contribution in [0.1, 0.15) is 24.2 Å². The summed E-state index contributed by atoms with van der Waals surface area (Å²) in [4.78, 5) is 37.1. The number of rotatable bonds is 6. The Labute approximate surface area is 194 Å². The molecule has 166 valence electrons. The minimum atomic E-state index is -1.60. The van der Waals surface area contributed by atoms with Crippen molar-refractivity contribution in [3.05, 3.63) is 83.1 Å². The minimum absolute atomic E-state index is 0.0265. The van der Waals surface area contributed by atoms with Gasteiger partial charge in [-0.1, -0.05) is 72.3 Å². The van der Waals surface area contributed by atoms with Crippen LogP contribution in [-0.4, -0.2) is 45.5 Å². The molecular formula is C23H21ClN2O5S. The Hall–Kier alpha value is -2.81. The molecule has 1 fully saturated rings. The molecule has 4 rings (SSSR count). The van der Waals surface area contributed by atoms with Crippen LogP contribution in [0.4, 0.5) is 0 Å². The van der Waals surface area contributed by atoms with Crippen molar-refractivity contribution in [1.29, 1.82) is 0 Å². The molecule has 1 amide bonds. The van der Waals surface area contributed by atoms with Crippen LogP contribution in [0, 0.1) is 0 Å². The van der Waals surface area contributed by atoms with Gasteiger partial charge < -0.3 is 15.2 Å². The van der Waals surface area contributed by atoms with E-state index in [-0.39, 0.29) is 12.3 Å². The maximum Gasteiger partial charge on any atom is 0.356 e. The molecule has 2 heterocycles. The van der Waals surface area contributed by atoms with Crippen molar-refractivity contribution in [3.63, 3.8) is 0 Å². The highest BCUT2D eigenvalue weighted by molar-refractivity contribution is 8.00. The number of carbonyl (C=O) groups is 3. The van der Waals surface area contributed by atoms with Crippen LogP contribution in [-0.2, 0) is 23.9 Å². The smallest absolute Gasteiger partial charge is 0.356 e. The van der Waals surface area contributed by atoms with Gasteiger partial charge in [0.15, 0.2) is 6.10 Å². The number of amides is 1. The number of nitrogens with two attached hydrogens (primary N) is 1. The Kier molecular flexibility index (Phi) is 6.28. The lowest BCUT2D eigenvalue weighted by atomic mass is 10.0. The Morgan fingerprint density at radius 1 is 1.16 bits per heavy atom. The van der Waals surface area contributed by atoms with Gasteiger partial charge >= 0.3 is 11.9 Å². The van der Waals surface area contributed by atoms with Crippen molar-refractivity contribution in [3.8, 4) is 0 Å². The maximum atomic E-state index is 13.4. The van der Waals surface area contributed by atoms with Crippen molar-refractivity contribution >= 4 is 41.2 Å². The van der Waals surface area contributed by atoms with E-state index < -0.39 is 34.3 Å². The Morgan fingerprint density at radius 3 is 2.25 bits per heavy atom. The fourth-order valence-corrected chi connectivity index (χ4v) is 5.29. The lowest BCUT2D eigenvalue weighted by molar-refractivity contribution is -0.154. The lowest BCUT2D eigenvalue weighted by Crippen LogP contribution is -2.75. The summed E-state index contributed by atoms with van der Waals surface area (Å²) in [5, 5.41) is -0.618. The molecule has 0 bridgehead atoms. The second-order valence-corrected chi connectivity index (χ2v) is 9.14. The number of carbonyl (C=O) groups excluding carboxylic acids is 3. The summed E-state index contributed by atoms with van der Waals surface area (Å²) in [6, 6.07) is 18.6. The van der Waals surface area contributed by atoms with Gasteiger partial charge in [-0.2, -0.15) is 0 Å². The summed E-state index contributed by atoms with van der Waals surface area (Å²) in [5.41, 5.74) is 7.97. The molecule has 32 heavy (non-hydrogen) atoms. The van der Waals surface area contributed by atoms with E-state index in [0.717, 1.165) is 11.1 Å². The number of nitrogens with zero attached hydrogens (tertiary/aromatic N) is 1. The second kappa shape index (κ2) is 8.97. The lowest BCUT2D eigenvalue weighted by Gasteiger charge is -2.52. The number of esters is 2. The van der Waals surface area contributed by atoms with Crippen LogP contribution >= 0.6 is 23.4 Å². The van der Waals surface area contributed by atoms with Gasteiger partial charge in [0.1, 0.15) is 17.7 Å². The van der Waals surface area contributed by atoms with E-state index in [1.807, 2.05) is 60.7 Å². The van der Waals surface area contributed by atoms with Crippen molar-refractivity contribution in [2.45, 2.75) is 23.4 Å². The number of β-lactam (4-membered cyclic amide) rings is 1. The second-order valence-electron chi connectivity index (χ2n) is 7.45. The van der Waals surface area contributed by atoms with E-state index >= 15 is 0 Å². The number of ether oxygens (including phenoxy) is 2. The van der Waals surface area contributed by atoms with E-state index in [4.69, 9.17) is 26.8 Å². The fourth-order valence-electron chi connectivity index (χ4n) is 3.64. The topological polar surface area (TPSA) is 98.9 Å². The molecule has 2 atom stereocenters. The van der Waals surface area contributed by atoms with Gasteiger partial charge in [0.05, 0.1) is 0 Å². The van der Waals surface area contributed by atoms with Crippen molar-refractivity contribution in [1.82, 2.24) is 4.90 Å². The first-order valence-electron chi connectivity index (χ1n) is 9.90. The molecule has 0 radical (unpaired) electrons. The molecule has 2 aromatic rings. The molecule has 1 saturated heterocycles. The number of hydrogen-bond donors (Lipinski definition) is 1. The van der Waals surface area contributed by atoms with Gasteiger partial charge in [0.25, 0.3) is 5.91 Å². The molecule has 2 N–H and O–H groups in total. The first-order chi connectivity index (χ1) is 15.3. The predicted octanol–water partition coefficient (Wildman–Crippen LogP) is 2.95. The van der Waals surface area contributed by atoms with Crippen molar-refractivity contribution in [2.75, 3.05) is 12.4 Å². The van der Waals surface area contributed by atoms with E-state index in [0.29, 0.717) is 11.3 Å². The summed E-state index contributed by atoms with van der Waals surface area (Å²) in [6.45, 7) is 1.14. The number of hydrogen-bond acceptors (Lipinski definition) is 7. The molecule has 0 unspecified atom stereocenters. The van der Waals surface area contributed by atoms with Gasteiger partial charge in [-0.15, -0.1) is 11.8 Å². The van der Waals surface area contributed by atoms with Crippen LogP contribution < -0.4 is 5.73 Å². The summed E-state index contributed by atoms with van der Waals surface area (Å²) in [5.74, 6) is -1.49. The third-order valence-electron chi connectivity index (χ3n) is 5.20. The molecule has 0 spiro atoms. The van der Waals surface area contributed by atoms with Gasteiger partial charge in [0, 0.05) is 18.2 Å². The SMILES string of the molecule is CC(=O)OCC1=C(C(=O)OC(c2ccccc2)c2ccccc2)N2C(=O)[C@@](N)(Cl)[C@H]2SC1. The number of thioether (sulfide) groups is 1. The molecule has 0 saturated carbocycles. The number of benzene rings is 2. The highest BCUT2D eigenvalue weighted by Crippen LogP contribution is 2.47. The van der Waals surface area contributed by atoms with Crippen LogP contribution in [0.2, 0.25) is 0 Å². The van der Waals surface area contributed by atoms with Gasteiger partial charge in [-0.25, -0.2) is 4.79 Å². The van der Waals surface area contributed by atoms with Crippen molar-refractivity contribution in [2.24, 2.45) is 5.73 Å². The third kappa shape index (κ3) is 4.13. The zero-order chi connectivity index (χ0) is 22.9.